The molecule has 0 spiro atoms. The van der Waals surface area contributed by atoms with Crippen molar-refractivity contribution in [3.05, 3.63) is 71.4 Å². The summed E-state index contributed by atoms with van der Waals surface area (Å²) in [5.41, 5.74) is 4.29. The highest BCUT2D eigenvalue weighted by atomic mass is 32.2. The molecular formula is C21H15F6N5O3S. The van der Waals surface area contributed by atoms with Crippen LogP contribution in [0.1, 0.15) is 16.8 Å². The Morgan fingerprint density at radius 1 is 1.03 bits per heavy atom. The van der Waals surface area contributed by atoms with Gasteiger partial charge in [-0.25, -0.2) is 13.4 Å². The number of anilines is 3. The minimum absolute atomic E-state index is 0.00567. The first-order chi connectivity index (χ1) is 16.7. The molecule has 0 atom stereocenters. The van der Waals surface area contributed by atoms with Crippen LogP contribution in [0, 0.1) is 5.41 Å². The molecule has 0 saturated heterocycles. The molecule has 1 aliphatic heterocycles. The quantitative estimate of drug-likeness (QED) is 0.254. The van der Waals surface area contributed by atoms with Gasteiger partial charge in [-0.2, -0.15) is 13.2 Å². The van der Waals surface area contributed by atoms with Gasteiger partial charge in [0.05, 0.1) is 22.8 Å². The highest BCUT2D eigenvalue weighted by molar-refractivity contribution is 7.92. The lowest BCUT2D eigenvalue weighted by atomic mass is 10.1. The van der Waals surface area contributed by atoms with E-state index in [1.165, 1.54) is 18.2 Å². The molecule has 36 heavy (non-hydrogen) atoms. The Morgan fingerprint density at radius 2 is 1.69 bits per heavy atom. The molecular weight excluding hydrogens is 516 g/mol. The average molecular weight is 531 g/mol. The SMILES string of the molecule is N=C(N)c1cccc2c1N(S(=O)(=O)c1ccc(OC(F)(F)F)cc1)Cc1ccc(C(F)(F)F)nc1N2. The first-order valence-electron chi connectivity index (χ1n) is 9.87. The zero-order valence-electron chi connectivity index (χ0n) is 17.8. The number of para-hydroxylation sites is 1. The van der Waals surface area contributed by atoms with Crippen LogP contribution in [0.2, 0.25) is 0 Å². The zero-order valence-corrected chi connectivity index (χ0v) is 18.6. The summed E-state index contributed by atoms with van der Waals surface area (Å²) in [5, 5.41) is 10.6. The number of nitrogen functional groups attached to an aromatic ring is 1. The second-order valence-corrected chi connectivity index (χ2v) is 9.34. The Balaban J connectivity index is 1.87. The van der Waals surface area contributed by atoms with Crippen LogP contribution in [-0.2, 0) is 22.7 Å². The van der Waals surface area contributed by atoms with Gasteiger partial charge in [0.2, 0.25) is 0 Å². The third kappa shape index (κ3) is 4.86. The number of benzene rings is 2. The van der Waals surface area contributed by atoms with E-state index in [-0.39, 0.29) is 28.3 Å². The van der Waals surface area contributed by atoms with E-state index in [0.29, 0.717) is 6.07 Å². The van der Waals surface area contributed by atoms with Gasteiger partial charge in [0.1, 0.15) is 23.1 Å². The maximum atomic E-state index is 13.6. The third-order valence-corrected chi connectivity index (χ3v) is 6.82. The summed E-state index contributed by atoms with van der Waals surface area (Å²) in [4.78, 5) is 3.15. The van der Waals surface area contributed by atoms with E-state index in [2.05, 4.69) is 15.0 Å². The number of nitrogens with two attached hydrogens (primary N) is 1. The van der Waals surface area contributed by atoms with Gasteiger partial charge < -0.3 is 15.8 Å². The second-order valence-electron chi connectivity index (χ2n) is 7.47. The first-order valence-corrected chi connectivity index (χ1v) is 11.3. The molecule has 0 fully saturated rings. The molecule has 190 valence electrons. The lowest BCUT2D eigenvalue weighted by molar-refractivity contribution is -0.274. The second kappa shape index (κ2) is 8.58. The number of nitrogens with zero attached hydrogens (tertiary/aromatic N) is 2. The lowest BCUT2D eigenvalue weighted by Gasteiger charge is -2.26. The molecule has 1 aromatic heterocycles. The molecule has 2 heterocycles. The fraction of sp³-hybridized carbons (Fsp3) is 0.143. The number of sulfonamides is 1. The molecule has 1 aliphatic rings. The normalized spacial score (nSPS) is 13.8. The number of hydrogen-bond donors (Lipinski definition) is 3. The van der Waals surface area contributed by atoms with Crippen LogP contribution in [0.15, 0.2) is 59.5 Å². The van der Waals surface area contributed by atoms with Crippen molar-refractivity contribution in [1.82, 2.24) is 4.98 Å². The molecule has 0 aliphatic carbocycles. The van der Waals surface area contributed by atoms with E-state index in [4.69, 9.17) is 11.1 Å². The summed E-state index contributed by atoms with van der Waals surface area (Å²) < 4.78 is 109. The number of halogens is 6. The zero-order chi connectivity index (χ0) is 26.5. The smallest absolute Gasteiger partial charge is 0.406 e. The Labute approximate surface area is 199 Å². The van der Waals surface area contributed by atoms with Crippen LogP contribution in [0.4, 0.5) is 43.5 Å². The summed E-state index contributed by atoms with van der Waals surface area (Å²) in [6, 6.07) is 9.25. The highest BCUT2D eigenvalue weighted by Crippen LogP contribution is 2.41. The molecule has 0 unspecified atom stereocenters. The topological polar surface area (TPSA) is 121 Å². The van der Waals surface area contributed by atoms with Gasteiger partial charge in [-0.15, -0.1) is 13.2 Å². The molecule has 0 bridgehead atoms. The Hall–Kier alpha value is -4.01. The van der Waals surface area contributed by atoms with Crippen LogP contribution in [0.5, 0.6) is 5.75 Å². The number of alkyl halides is 6. The summed E-state index contributed by atoms with van der Waals surface area (Å²) in [7, 11) is -4.54. The molecule has 0 amide bonds. The van der Waals surface area contributed by atoms with Crippen molar-refractivity contribution >= 4 is 33.1 Å². The molecule has 4 N–H and O–H groups in total. The number of fused-ring (bicyclic) bond motifs is 2. The van der Waals surface area contributed by atoms with Gasteiger partial charge in [-0.1, -0.05) is 12.1 Å². The fourth-order valence-corrected chi connectivity index (χ4v) is 5.00. The molecule has 8 nitrogen and oxygen atoms in total. The van der Waals surface area contributed by atoms with E-state index < -0.39 is 51.3 Å². The van der Waals surface area contributed by atoms with Crippen molar-refractivity contribution in [2.45, 2.75) is 24.0 Å². The van der Waals surface area contributed by atoms with E-state index in [9.17, 15) is 34.8 Å². The molecule has 0 saturated carbocycles. The maximum Gasteiger partial charge on any atom is 0.573 e. The predicted molar refractivity (Wildman–Crippen MR) is 116 cm³/mol. The Morgan fingerprint density at radius 3 is 2.28 bits per heavy atom. The number of aromatic nitrogens is 1. The number of nitrogens with one attached hydrogen (secondary N) is 2. The molecule has 3 aromatic rings. The lowest BCUT2D eigenvalue weighted by Crippen LogP contribution is -2.32. The highest BCUT2D eigenvalue weighted by Gasteiger charge is 2.37. The van der Waals surface area contributed by atoms with Gasteiger partial charge in [-0.05, 0) is 42.5 Å². The van der Waals surface area contributed by atoms with Crippen molar-refractivity contribution < 1.29 is 39.5 Å². The van der Waals surface area contributed by atoms with E-state index in [1.807, 2.05) is 0 Å². The van der Waals surface area contributed by atoms with Gasteiger partial charge in [0, 0.05) is 11.1 Å². The largest absolute Gasteiger partial charge is 0.573 e. The fourth-order valence-electron chi connectivity index (χ4n) is 3.52. The summed E-state index contributed by atoms with van der Waals surface area (Å²) in [6.45, 7) is -0.520. The maximum absolute atomic E-state index is 13.6. The molecule has 0 radical (unpaired) electrons. The van der Waals surface area contributed by atoms with Crippen molar-refractivity contribution in [3.8, 4) is 5.75 Å². The minimum atomic E-state index is -4.99. The van der Waals surface area contributed by atoms with Crippen LogP contribution >= 0.6 is 0 Å². The Bertz CT molecular complexity index is 1440. The number of hydrogen-bond acceptors (Lipinski definition) is 6. The number of rotatable bonds is 4. The van der Waals surface area contributed by atoms with Crippen LogP contribution in [-0.4, -0.2) is 25.6 Å². The molecule has 15 heteroatoms. The van der Waals surface area contributed by atoms with E-state index >= 15 is 0 Å². The number of ether oxygens (including phenoxy) is 1. The predicted octanol–water partition coefficient (Wildman–Crippen LogP) is 4.74. The number of pyridine rings is 1. The van der Waals surface area contributed by atoms with Crippen molar-refractivity contribution in [3.63, 3.8) is 0 Å². The van der Waals surface area contributed by atoms with Gasteiger partial charge in [0.25, 0.3) is 10.0 Å². The minimum Gasteiger partial charge on any atom is -0.406 e. The van der Waals surface area contributed by atoms with Crippen LogP contribution < -0.4 is 20.1 Å². The van der Waals surface area contributed by atoms with E-state index in [0.717, 1.165) is 34.6 Å². The van der Waals surface area contributed by atoms with Crippen LogP contribution in [0.3, 0.4) is 0 Å². The summed E-state index contributed by atoms with van der Waals surface area (Å²) in [5.74, 6) is -1.45. The number of amidine groups is 1. The first kappa shape index (κ1) is 25.1. The summed E-state index contributed by atoms with van der Waals surface area (Å²) in [6.07, 6.45) is -9.75. The van der Waals surface area contributed by atoms with Crippen molar-refractivity contribution in [2.24, 2.45) is 5.73 Å². The van der Waals surface area contributed by atoms with Gasteiger partial charge in [-0.3, -0.25) is 9.71 Å². The monoisotopic (exact) mass is 531 g/mol. The molecule has 2 aromatic carbocycles. The molecule has 4 rings (SSSR count). The van der Waals surface area contributed by atoms with Gasteiger partial charge >= 0.3 is 12.5 Å². The van der Waals surface area contributed by atoms with Crippen molar-refractivity contribution in [2.75, 3.05) is 9.62 Å². The van der Waals surface area contributed by atoms with Crippen LogP contribution in [0.25, 0.3) is 0 Å². The van der Waals surface area contributed by atoms with Gasteiger partial charge in [0.15, 0.2) is 0 Å². The van der Waals surface area contributed by atoms with Crippen molar-refractivity contribution in [1.29, 1.82) is 5.41 Å². The van der Waals surface area contributed by atoms with E-state index in [1.54, 1.807) is 0 Å². The average Bonchev–Trinajstić information content (AvgIpc) is 2.94. The summed E-state index contributed by atoms with van der Waals surface area (Å²) >= 11 is 0. The third-order valence-electron chi connectivity index (χ3n) is 5.06. The standard InChI is InChI=1S/C21H15F6N5O3S/c22-20(23,24)16-9-4-11-10-32(17-14(18(28)29)2-1-3-15(17)30-19(11)31-16)36(33,34)13-7-5-12(6-8-13)35-21(25,26)27/h1-9H,10H2,(H3,28,29)(H,30,31). The Kier molecular flexibility index (Phi) is 5.98.